The predicted octanol–water partition coefficient (Wildman–Crippen LogP) is 5.65. The lowest BCUT2D eigenvalue weighted by molar-refractivity contribution is 0.425. The Morgan fingerprint density at radius 2 is 1.82 bits per heavy atom. The zero-order valence-corrected chi connectivity index (χ0v) is 21.4. The Labute approximate surface area is 219 Å². The van der Waals surface area contributed by atoms with E-state index in [0.717, 1.165) is 56.6 Å². The van der Waals surface area contributed by atoms with Crippen LogP contribution in [0, 0.1) is 12.7 Å². The van der Waals surface area contributed by atoms with Crippen molar-refractivity contribution in [2.24, 2.45) is 0 Å². The number of pyridine rings is 3. The number of anilines is 1. The van der Waals surface area contributed by atoms with Crippen molar-refractivity contribution >= 4 is 27.6 Å². The van der Waals surface area contributed by atoms with Crippen molar-refractivity contribution in [3.63, 3.8) is 0 Å². The van der Waals surface area contributed by atoms with E-state index in [1.165, 1.54) is 12.1 Å². The molecule has 190 valence electrons. The van der Waals surface area contributed by atoms with Crippen LogP contribution in [0.25, 0.3) is 55.7 Å². The molecule has 5 heterocycles. The van der Waals surface area contributed by atoms with Gasteiger partial charge in [0.05, 0.1) is 11.4 Å². The molecule has 0 aliphatic heterocycles. The van der Waals surface area contributed by atoms with Gasteiger partial charge in [-0.2, -0.15) is 5.10 Å². The second-order valence-corrected chi connectivity index (χ2v) is 9.65. The molecule has 0 fully saturated rings. The molecule has 0 amide bonds. The lowest BCUT2D eigenvalue weighted by atomic mass is 10.0. The van der Waals surface area contributed by atoms with Crippen LogP contribution in [0.4, 0.5) is 10.1 Å². The highest BCUT2D eigenvalue weighted by Crippen LogP contribution is 2.35. The van der Waals surface area contributed by atoms with Crippen LogP contribution in [0.15, 0.2) is 67.3 Å². The summed E-state index contributed by atoms with van der Waals surface area (Å²) in [5.74, 6) is -0.313. The summed E-state index contributed by atoms with van der Waals surface area (Å²) in [7, 11) is 4.01. The Morgan fingerprint density at radius 1 is 0.921 bits per heavy atom. The molecule has 0 spiro atoms. The molecule has 0 saturated carbocycles. The molecular formula is C29H27FN8. The summed E-state index contributed by atoms with van der Waals surface area (Å²) < 4.78 is 14.6. The summed E-state index contributed by atoms with van der Waals surface area (Å²) in [6.07, 6.45) is 7.19. The lowest BCUT2D eigenvalue weighted by Crippen LogP contribution is -2.20. The van der Waals surface area contributed by atoms with Gasteiger partial charge < -0.3 is 15.2 Å². The van der Waals surface area contributed by atoms with Crippen LogP contribution in [0.3, 0.4) is 0 Å². The third-order valence-electron chi connectivity index (χ3n) is 6.63. The van der Waals surface area contributed by atoms with Crippen molar-refractivity contribution < 1.29 is 4.39 Å². The number of aromatic amines is 2. The van der Waals surface area contributed by atoms with Crippen LogP contribution in [0.2, 0.25) is 0 Å². The first-order valence-corrected chi connectivity index (χ1v) is 12.4. The second kappa shape index (κ2) is 9.68. The number of likely N-dealkylation sites (N-methyl/N-ethyl adjacent to an activating group) is 1. The molecule has 8 nitrogen and oxygen atoms in total. The van der Waals surface area contributed by atoms with Gasteiger partial charge >= 0.3 is 0 Å². The highest BCUT2D eigenvalue weighted by molar-refractivity contribution is 6.00. The fourth-order valence-electron chi connectivity index (χ4n) is 4.69. The third-order valence-corrected chi connectivity index (χ3v) is 6.63. The number of aromatic nitrogens is 6. The molecular weight excluding hydrogens is 479 g/mol. The summed E-state index contributed by atoms with van der Waals surface area (Å²) >= 11 is 0. The second-order valence-electron chi connectivity index (χ2n) is 9.65. The lowest BCUT2D eigenvalue weighted by Gasteiger charge is -2.12. The first-order chi connectivity index (χ1) is 18.5. The van der Waals surface area contributed by atoms with E-state index in [9.17, 15) is 4.39 Å². The number of nitrogens with one attached hydrogen (secondary N) is 3. The molecule has 0 unspecified atom stereocenters. The Morgan fingerprint density at radius 3 is 2.66 bits per heavy atom. The van der Waals surface area contributed by atoms with E-state index in [1.54, 1.807) is 12.4 Å². The van der Waals surface area contributed by atoms with Crippen molar-refractivity contribution in [3.8, 4) is 33.8 Å². The smallest absolute Gasteiger partial charge is 0.155 e. The maximum Gasteiger partial charge on any atom is 0.155 e. The van der Waals surface area contributed by atoms with Gasteiger partial charge in [0.25, 0.3) is 0 Å². The maximum absolute atomic E-state index is 14.6. The zero-order valence-electron chi connectivity index (χ0n) is 21.4. The summed E-state index contributed by atoms with van der Waals surface area (Å²) in [6, 6.07) is 12.9. The van der Waals surface area contributed by atoms with Crippen LogP contribution in [-0.2, 0) is 0 Å². The quantitative estimate of drug-likeness (QED) is 0.259. The third kappa shape index (κ3) is 4.48. The number of halogens is 1. The van der Waals surface area contributed by atoms with Gasteiger partial charge in [-0.15, -0.1) is 0 Å². The molecule has 0 radical (unpaired) electrons. The van der Waals surface area contributed by atoms with Gasteiger partial charge in [-0.1, -0.05) is 0 Å². The van der Waals surface area contributed by atoms with Crippen molar-refractivity contribution in [2.45, 2.75) is 6.92 Å². The maximum atomic E-state index is 14.6. The molecule has 6 rings (SSSR count). The molecule has 0 saturated heterocycles. The van der Waals surface area contributed by atoms with E-state index in [-0.39, 0.29) is 5.82 Å². The normalized spacial score (nSPS) is 11.6. The molecule has 3 N–H and O–H groups in total. The average Bonchev–Trinajstić information content (AvgIpc) is 3.52. The van der Waals surface area contributed by atoms with E-state index >= 15 is 0 Å². The van der Waals surface area contributed by atoms with Gasteiger partial charge in [-0.05, 0) is 69.0 Å². The summed E-state index contributed by atoms with van der Waals surface area (Å²) in [6.45, 7) is 3.61. The Hall–Kier alpha value is -4.63. The van der Waals surface area contributed by atoms with Gasteiger partial charge in [0, 0.05) is 76.5 Å². The molecule has 9 heteroatoms. The van der Waals surface area contributed by atoms with E-state index < -0.39 is 0 Å². The Kier molecular flexibility index (Phi) is 6.05. The molecule has 0 aliphatic rings. The van der Waals surface area contributed by atoms with Gasteiger partial charge in [0.1, 0.15) is 11.5 Å². The van der Waals surface area contributed by atoms with E-state index in [4.69, 9.17) is 0 Å². The number of H-pyrrole nitrogens is 2. The topological polar surface area (TPSA) is 98.4 Å². The van der Waals surface area contributed by atoms with Crippen molar-refractivity contribution in [3.05, 3.63) is 78.6 Å². The van der Waals surface area contributed by atoms with Crippen LogP contribution in [0.1, 0.15) is 5.56 Å². The monoisotopic (exact) mass is 506 g/mol. The molecule has 0 atom stereocenters. The predicted molar refractivity (Wildman–Crippen MR) is 149 cm³/mol. The Bertz CT molecular complexity index is 1770. The van der Waals surface area contributed by atoms with Gasteiger partial charge in [0.15, 0.2) is 5.65 Å². The standard InChI is InChI=1S/C29H27FN8/c1-17-4-6-31-16-24(17)19-12-23-28(36-37-29(23)34-15-19)26-14-22-25(35-26)5-7-33-27(22)18-10-20(30)13-21(11-18)32-8-9-38(2)3/h4-7,10-16,32,35H,8-9H2,1-3H3,(H,34,36,37). The van der Waals surface area contributed by atoms with E-state index in [0.29, 0.717) is 23.4 Å². The van der Waals surface area contributed by atoms with Gasteiger partial charge in [-0.25, -0.2) is 9.37 Å². The van der Waals surface area contributed by atoms with E-state index in [1.807, 2.05) is 50.8 Å². The first kappa shape index (κ1) is 23.7. The fourth-order valence-corrected chi connectivity index (χ4v) is 4.69. The number of hydrogen-bond acceptors (Lipinski definition) is 6. The number of benzene rings is 1. The Balaban J connectivity index is 1.41. The van der Waals surface area contributed by atoms with E-state index in [2.05, 4.69) is 53.3 Å². The van der Waals surface area contributed by atoms with Crippen molar-refractivity contribution in [2.75, 3.05) is 32.5 Å². The molecule has 38 heavy (non-hydrogen) atoms. The number of aryl methyl sites for hydroxylation is 1. The molecule has 0 bridgehead atoms. The molecule has 6 aromatic rings. The van der Waals surface area contributed by atoms with Crippen molar-refractivity contribution in [1.82, 2.24) is 35.0 Å². The minimum absolute atomic E-state index is 0.313. The summed E-state index contributed by atoms with van der Waals surface area (Å²) in [4.78, 5) is 19.0. The SMILES string of the molecule is Cc1ccncc1-c1cnc2[nH]nc(-c3cc4c(-c5cc(F)cc(NCCN(C)C)c5)nccc4[nH]3)c2c1. The molecule has 5 aromatic heterocycles. The number of hydrogen-bond donors (Lipinski definition) is 3. The van der Waals surface area contributed by atoms with Crippen LogP contribution < -0.4 is 5.32 Å². The first-order valence-electron chi connectivity index (χ1n) is 12.4. The average molecular weight is 507 g/mol. The van der Waals surface area contributed by atoms with Crippen LogP contribution in [-0.4, -0.2) is 62.2 Å². The zero-order chi connectivity index (χ0) is 26.2. The highest BCUT2D eigenvalue weighted by atomic mass is 19.1. The fraction of sp³-hybridized carbons (Fsp3) is 0.172. The minimum atomic E-state index is -0.313. The summed E-state index contributed by atoms with van der Waals surface area (Å²) in [5.41, 5.74) is 8.40. The van der Waals surface area contributed by atoms with Gasteiger partial charge in [-0.3, -0.25) is 15.1 Å². The highest BCUT2D eigenvalue weighted by Gasteiger charge is 2.16. The van der Waals surface area contributed by atoms with Crippen LogP contribution in [0.5, 0.6) is 0 Å². The number of fused-ring (bicyclic) bond motifs is 2. The minimum Gasteiger partial charge on any atom is -0.384 e. The molecule has 1 aromatic carbocycles. The number of nitrogens with zero attached hydrogens (tertiary/aromatic N) is 5. The summed E-state index contributed by atoms with van der Waals surface area (Å²) in [5, 5.41) is 12.7. The van der Waals surface area contributed by atoms with Gasteiger partial charge in [0.2, 0.25) is 0 Å². The largest absolute Gasteiger partial charge is 0.384 e. The van der Waals surface area contributed by atoms with Crippen molar-refractivity contribution in [1.29, 1.82) is 0 Å². The molecule has 0 aliphatic carbocycles. The number of rotatable bonds is 7. The van der Waals surface area contributed by atoms with Crippen LogP contribution >= 0.6 is 0 Å².